The maximum Gasteiger partial charge on any atom is 0.355 e. The second-order valence-electron chi connectivity index (χ2n) is 5.76. The molecule has 0 atom stereocenters. The SMILES string of the molecule is O=C(COC(=O)c1cc(S(=O)(=O)N2CCOCC2)c[nH]1)Nc1ccccc1. The number of anilines is 1. The summed E-state index contributed by atoms with van der Waals surface area (Å²) in [4.78, 5) is 26.4. The van der Waals surface area contributed by atoms with Crippen LogP contribution in [-0.4, -0.2) is 62.5 Å². The summed E-state index contributed by atoms with van der Waals surface area (Å²) in [5.74, 6) is -1.32. The van der Waals surface area contributed by atoms with Gasteiger partial charge in [0.05, 0.1) is 13.2 Å². The molecule has 27 heavy (non-hydrogen) atoms. The molecule has 0 aliphatic carbocycles. The number of hydrogen-bond donors (Lipinski definition) is 2. The van der Waals surface area contributed by atoms with Gasteiger partial charge >= 0.3 is 5.97 Å². The number of benzene rings is 1. The van der Waals surface area contributed by atoms with Crippen LogP contribution in [0.5, 0.6) is 0 Å². The number of carbonyl (C=O) groups is 2. The molecular weight excluding hydrogens is 374 g/mol. The molecule has 10 heteroatoms. The van der Waals surface area contributed by atoms with Gasteiger partial charge in [-0.25, -0.2) is 13.2 Å². The zero-order valence-electron chi connectivity index (χ0n) is 14.4. The predicted molar refractivity (Wildman–Crippen MR) is 95.7 cm³/mol. The smallest absolute Gasteiger partial charge is 0.355 e. The number of morpholine rings is 1. The van der Waals surface area contributed by atoms with Gasteiger partial charge < -0.3 is 19.8 Å². The molecule has 2 aromatic rings. The highest BCUT2D eigenvalue weighted by molar-refractivity contribution is 7.89. The van der Waals surface area contributed by atoms with Gasteiger partial charge in [-0.3, -0.25) is 4.79 Å². The number of H-pyrrole nitrogens is 1. The quantitative estimate of drug-likeness (QED) is 0.702. The number of aromatic nitrogens is 1. The molecular formula is C17H19N3O6S. The third kappa shape index (κ3) is 4.73. The average molecular weight is 393 g/mol. The molecule has 144 valence electrons. The largest absolute Gasteiger partial charge is 0.451 e. The fourth-order valence-electron chi connectivity index (χ4n) is 2.50. The monoisotopic (exact) mass is 393 g/mol. The molecule has 1 amide bonds. The van der Waals surface area contributed by atoms with Gasteiger partial charge in [0.25, 0.3) is 5.91 Å². The third-order valence-corrected chi connectivity index (χ3v) is 5.75. The lowest BCUT2D eigenvalue weighted by molar-refractivity contribution is -0.119. The van der Waals surface area contributed by atoms with E-state index in [-0.39, 0.29) is 23.7 Å². The van der Waals surface area contributed by atoms with Crippen LogP contribution in [-0.2, 0) is 24.3 Å². The van der Waals surface area contributed by atoms with Crippen molar-refractivity contribution in [1.29, 1.82) is 0 Å². The van der Waals surface area contributed by atoms with Gasteiger partial charge in [0, 0.05) is 25.0 Å². The van der Waals surface area contributed by atoms with Gasteiger partial charge in [-0.15, -0.1) is 0 Å². The first kappa shape index (κ1) is 19.1. The van der Waals surface area contributed by atoms with Crippen LogP contribution in [0.1, 0.15) is 10.5 Å². The van der Waals surface area contributed by atoms with E-state index in [1.807, 2.05) is 6.07 Å². The van der Waals surface area contributed by atoms with Crippen LogP contribution >= 0.6 is 0 Å². The molecule has 1 aliphatic heterocycles. The lowest BCUT2D eigenvalue weighted by Gasteiger charge is -2.25. The first-order chi connectivity index (χ1) is 13.0. The summed E-state index contributed by atoms with van der Waals surface area (Å²) in [6.07, 6.45) is 1.23. The minimum atomic E-state index is -3.71. The van der Waals surface area contributed by atoms with Crippen LogP contribution in [0.3, 0.4) is 0 Å². The van der Waals surface area contributed by atoms with Crippen molar-refractivity contribution in [2.24, 2.45) is 0 Å². The van der Waals surface area contributed by atoms with E-state index in [4.69, 9.17) is 9.47 Å². The summed E-state index contributed by atoms with van der Waals surface area (Å²) >= 11 is 0. The van der Waals surface area contributed by atoms with Crippen molar-refractivity contribution in [1.82, 2.24) is 9.29 Å². The Bertz CT molecular complexity index is 904. The minimum Gasteiger partial charge on any atom is -0.451 e. The maximum atomic E-state index is 12.5. The maximum absolute atomic E-state index is 12.5. The number of esters is 1. The summed E-state index contributed by atoms with van der Waals surface area (Å²) in [6, 6.07) is 9.93. The van der Waals surface area contributed by atoms with Gasteiger partial charge in [-0.1, -0.05) is 18.2 Å². The van der Waals surface area contributed by atoms with Crippen molar-refractivity contribution in [2.45, 2.75) is 4.90 Å². The van der Waals surface area contributed by atoms with E-state index in [9.17, 15) is 18.0 Å². The van der Waals surface area contributed by atoms with E-state index < -0.39 is 28.5 Å². The third-order valence-electron chi connectivity index (χ3n) is 3.88. The summed E-state index contributed by atoms with van der Waals surface area (Å²) in [5, 5.41) is 2.58. The number of nitrogens with zero attached hydrogens (tertiary/aromatic N) is 1. The molecule has 1 aliphatic rings. The lowest BCUT2D eigenvalue weighted by atomic mass is 10.3. The minimum absolute atomic E-state index is 0.0370. The van der Waals surface area contributed by atoms with E-state index in [1.165, 1.54) is 16.6 Å². The molecule has 1 aromatic heterocycles. The zero-order valence-corrected chi connectivity index (χ0v) is 15.2. The van der Waals surface area contributed by atoms with E-state index in [2.05, 4.69) is 10.3 Å². The number of hydrogen-bond acceptors (Lipinski definition) is 6. The van der Waals surface area contributed by atoms with Gasteiger partial charge in [-0.2, -0.15) is 4.31 Å². The topological polar surface area (TPSA) is 118 Å². The number of amides is 1. The van der Waals surface area contributed by atoms with Gasteiger partial charge in [0.2, 0.25) is 10.0 Å². The Morgan fingerprint density at radius 3 is 2.59 bits per heavy atom. The van der Waals surface area contributed by atoms with Crippen molar-refractivity contribution in [3.63, 3.8) is 0 Å². The highest BCUT2D eigenvalue weighted by Crippen LogP contribution is 2.18. The first-order valence-electron chi connectivity index (χ1n) is 8.25. The standard InChI is InChI=1S/C17H19N3O6S/c21-16(19-13-4-2-1-3-5-13)12-26-17(22)15-10-14(11-18-15)27(23,24)20-6-8-25-9-7-20/h1-5,10-11,18H,6-9,12H2,(H,19,21). The van der Waals surface area contributed by atoms with Gasteiger partial charge in [-0.05, 0) is 18.2 Å². The van der Waals surface area contributed by atoms with Crippen LogP contribution in [0.25, 0.3) is 0 Å². The molecule has 1 aromatic carbocycles. The Labute approximate surface area is 156 Å². The van der Waals surface area contributed by atoms with E-state index in [0.29, 0.717) is 18.9 Å². The number of para-hydroxylation sites is 1. The summed E-state index contributed by atoms with van der Waals surface area (Å²) in [6.45, 7) is 0.683. The fourth-order valence-corrected chi connectivity index (χ4v) is 3.91. The molecule has 2 N–H and O–H groups in total. The first-order valence-corrected chi connectivity index (χ1v) is 9.69. The molecule has 0 spiro atoms. The van der Waals surface area contributed by atoms with Crippen molar-refractivity contribution in [2.75, 3.05) is 38.2 Å². The average Bonchev–Trinajstić information content (AvgIpc) is 3.19. The highest BCUT2D eigenvalue weighted by Gasteiger charge is 2.28. The molecule has 0 radical (unpaired) electrons. The predicted octanol–water partition coefficient (Wildman–Crippen LogP) is 0.831. The van der Waals surface area contributed by atoms with Crippen LogP contribution < -0.4 is 5.32 Å². The number of aromatic amines is 1. The normalized spacial score (nSPS) is 15.3. The van der Waals surface area contributed by atoms with Crippen molar-refractivity contribution < 1.29 is 27.5 Å². The van der Waals surface area contributed by atoms with Crippen molar-refractivity contribution in [3.8, 4) is 0 Å². The molecule has 1 fully saturated rings. The molecule has 0 bridgehead atoms. The Kier molecular flexibility index (Phi) is 5.89. The number of sulfonamides is 1. The Balaban J connectivity index is 1.57. The van der Waals surface area contributed by atoms with Crippen molar-refractivity contribution >= 4 is 27.6 Å². The van der Waals surface area contributed by atoms with Crippen molar-refractivity contribution in [3.05, 3.63) is 48.3 Å². The lowest BCUT2D eigenvalue weighted by Crippen LogP contribution is -2.40. The van der Waals surface area contributed by atoms with E-state index >= 15 is 0 Å². The number of ether oxygens (including phenoxy) is 2. The van der Waals surface area contributed by atoms with Gasteiger partial charge in [0.15, 0.2) is 6.61 Å². The summed E-state index contributed by atoms with van der Waals surface area (Å²) in [7, 11) is -3.71. The Hall–Kier alpha value is -2.69. The number of nitrogens with one attached hydrogen (secondary N) is 2. The molecule has 3 rings (SSSR count). The molecule has 2 heterocycles. The van der Waals surface area contributed by atoms with Gasteiger partial charge in [0.1, 0.15) is 10.6 Å². The second kappa shape index (κ2) is 8.33. The van der Waals surface area contributed by atoms with Crippen LogP contribution in [0.4, 0.5) is 5.69 Å². The Morgan fingerprint density at radius 2 is 1.89 bits per heavy atom. The number of carbonyl (C=O) groups excluding carboxylic acids is 2. The molecule has 0 unspecified atom stereocenters. The van der Waals surface area contributed by atoms with Crippen LogP contribution in [0.2, 0.25) is 0 Å². The van der Waals surface area contributed by atoms with E-state index in [1.54, 1.807) is 24.3 Å². The van der Waals surface area contributed by atoms with Crippen LogP contribution in [0, 0.1) is 0 Å². The Morgan fingerprint density at radius 1 is 1.19 bits per heavy atom. The van der Waals surface area contributed by atoms with Crippen LogP contribution in [0.15, 0.2) is 47.5 Å². The molecule has 1 saturated heterocycles. The zero-order chi connectivity index (χ0) is 19.3. The molecule has 0 saturated carbocycles. The highest BCUT2D eigenvalue weighted by atomic mass is 32.2. The summed E-state index contributed by atoms with van der Waals surface area (Å²) < 4.78 is 36.4. The van der Waals surface area contributed by atoms with E-state index in [0.717, 1.165) is 0 Å². The second-order valence-corrected chi connectivity index (χ2v) is 7.69. The number of rotatable bonds is 6. The fraction of sp³-hybridized carbons (Fsp3) is 0.294. The summed E-state index contributed by atoms with van der Waals surface area (Å²) in [5.41, 5.74) is 0.534. The molecule has 9 nitrogen and oxygen atoms in total.